The average molecular weight is 197 g/mol. The molecule has 0 spiro atoms. The van der Waals surface area contributed by atoms with Gasteiger partial charge in [0.25, 0.3) is 0 Å². The first kappa shape index (κ1) is 9.57. The molecular weight excluding hydrogens is 190 g/mol. The SMILES string of the molecule is CS(=O)(=O)c1ccc(N=[N+]=[N-])cc1. The normalized spacial score (nSPS) is 10.5. The third-order valence-corrected chi connectivity index (χ3v) is 2.55. The van der Waals surface area contributed by atoms with Gasteiger partial charge in [-0.25, -0.2) is 8.42 Å². The van der Waals surface area contributed by atoms with Crippen LogP contribution in [0.5, 0.6) is 0 Å². The van der Waals surface area contributed by atoms with Crippen LogP contribution in [0.15, 0.2) is 34.3 Å². The molecule has 6 heteroatoms. The molecule has 13 heavy (non-hydrogen) atoms. The molecule has 0 fully saturated rings. The van der Waals surface area contributed by atoms with E-state index in [1.807, 2.05) is 0 Å². The highest BCUT2D eigenvalue weighted by molar-refractivity contribution is 7.90. The first-order valence-corrected chi connectivity index (χ1v) is 5.28. The molecule has 0 atom stereocenters. The van der Waals surface area contributed by atoms with Gasteiger partial charge in [0.05, 0.1) is 4.90 Å². The van der Waals surface area contributed by atoms with Crippen LogP contribution in [0.2, 0.25) is 0 Å². The molecule has 68 valence electrons. The van der Waals surface area contributed by atoms with Gasteiger partial charge in [-0.15, -0.1) is 0 Å². The van der Waals surface area contributed by atoms with Crippen molar-refractivity contribution in [2.75, 3.05) is 6.26 Å². The van der Waals surface area contributed by atoms with Crippen LogP contribution in [-0.2, 0) is 9.84 Å². The highest BCUT2D eigenvalue weighted by Gasteiger charge is 2.04. The first-order valence-electron chi connectivity index (χ1n) is 3.39. The zero-order valence-electron chi connectivity index (χ0n) is 6.88. The molecule has 0 unspecified atom stereocenters. The Balaban J connectivity index is 3.15. The van der Waals surface area contributed by atoms with Crippen molar-refractivity contribution in [1.82, 2.24) is 0 Å². The summed E-state index contributed by atoms with van der Waals surface area (Å²) in [6.07, 6.45) is 1.12. The molecule has 0 bridgehead atoms. The van der Waals surface area contributed by atoms with Gasteiger partial charge in [0.15, 0.2) is 9.84 Å². The van der Waals surface area contributed by atoms with E-state index in [2.05, 4.69) is 10.0 Å². The lowest BCUT2D eigenvalue weighted by molar-refractivity contribution is 0.602. The Bertz CT molecular complexity index is 443. The highest BCUT2D eigenvalue weighted by Crippen LogP contribution is 2.16. The van der Waals surface area contributed by atoms with Gasteiger partial charge in [-0.2, -0.15) is 0 Å². The van der Waals surface area contributed by atoms with Gasteiger partial charge < -0.3 is 0 Å². The second kappa shape index (κ2) is 3.47. The van der Waals surface area contributed by atoms with E-state index in [0.717, 1.165) is 6.26 Å². The zero-order chi connectivity index (χ0) is 9.90. The summed E-state index contributed by atoms with van der Waals surface area (Å²) in [4.78, 5) is 2.79. The van der Waals surface area contributed by atoms with E-state index in [4.69, 9.17) is 5.53 Å². The molecule has 1 rings (SSSR count). The fourth-order valence-corrected chi connectivity index (χ4v) is 1.44. The Labute approximate surface area is 75.6 Å². The Hall–Kier alpha value is -1.52. The third kappa shape index (κ3) is 2.47. The predicted octanol–water partition coefficient (Wildman–Crippen LogP) is 2.03. The maximum atomic E-state index is 11.0. The molecule has 0 N–H and O–H groups in total. The molecule has 0 aliphatic rings. The number of rotatable bonds is 2. The van der Waals surface area contributed by atoms with Crippen molar-refractivity contribution >= 4 is 15.5 Å². The molecule has 0 aliphatic heterocycles. The molecule has 1 aromatic rings. The van der Waals surface area contributed by atoms with Gasteiger partial charge in [0, 0.05) is 16.9 Å². The van der Waals surface area contributed by atoms with Gasteiger partial charge in [-0.05, 0) is 17.7 Å². The average Bonchev–Trinajstić information content (AvgIpc) is 2.04. The Morgan fingerprint density at radius 2 is 1.85 bits per heavy atom. The van der Waals surface area contributed by atoms with Crippen molar-refractivity contribution in [3.8, 4) is 0 Å². The van der Waals surface area contributed by atoms with E-state index in [9.17, 15) is 8.42 Å². The van der Waals surface area contributed by atoms with Crippen LogP contribution in [0.1, 0.15) is 0 Å². The van der Waals surface area contributed by atoms with Crippen LogP contribution < -0.4 is 0 Å². The minimum absolute atomic E-state index is 0.212. The van der Waals surface area contributed by atoms with Crippen LogP contribution in [0.3, 0.4) is 0 Å². The summed E-state index contributed by atoms with van der Waals surface area (Å²) < 4.78 is 22.0. The number of sulfone groups is 1. The van der Waals surface area contributed by atoms with E-state index in [0.29, 0.717) is 5.69 Å². The van der Waals surface area contributed by atoms with Crippen LogP contribution in [0.25, 0.3) is 10.4 Å². The van der Waals surface area contributed by atoms with E-state index >= 15 is 0 Å². The van der Waals surface area contributed by atoms with Crippen molar-refractivity contribution in [2.24, 2.45) is 5.11 Å². The van der Waals surface area contributed by atoms with Gasteiger partial charge in [-0.3, -0.25) is 0 Å². The summed E-state index contributed by atoms with van der Waals surface area (Å²) in [6.45, 7) is 0. The fraction of sp³-hybridized carbons (Fsp3) is 0.143. The standard InChI is InChI=1S/C7H7N3O2S/c1-13(11,12)7-4-2-6(3-5-7)9-10-8/h2-5H,1H3. The second-order valence-electron chi connectivity index (χ2n) is 2.46. The summed E-state index contributed by atoms with van der Waals surface area (Å²) in [5.41, 5.74) is 8.49. The van der Waals surface area contributed by atoms with E-state index in [1.54, 1.807) is 0 Å². The van der Waals surface area contributed by atoms with Crippen LogP contribution in [0.4, 0.5) is 5.69 Å². The summed E-state index contributed by atoms with van der Waals surface area (Å²) in [5.74, 6) is 0. The molecule has 0 heterocycles. The van der Waals surface area contributed by atoms with Gasteiger partial charge in [-0.1, -0.05) is 17.2 Å². The summed E-state index contributed by atoms with van der Waals surface area (Å²) >= 11 is 0. The van der Waals surface area contributed by atoms with Crippen molar-refractivity contribution in [3.05, 3.63) is 34.7 Å². The van der Waals surface area contributed by atoms with Crippen molar-refractivity contribution < 1.29 is 8.42 Å². The molecule has 0 amide bonds. The molecule has 0 aliphatic carbocycles. The van der Waals surface area contributed by atoms with Crippen LogP contribution in [-0.4, -0.2) is 14.7 Å². The summed E-state index contributed by atoms with van der Waals surface area (Å²) in [5, 5.41) is 3.32. The third-order valence-electron chi connectivity index (χ3n) is 1.43. The smallest absolute Gasteiger partial charge is 0.175 e. The Morgan fingerprint density at radius 3 is 2.23 bits per heavy atom. The number of hydrogen-bond donors (Lipinski definition) is 0. The Morgan fingerprint density at radius 1 is 1.31 bits per heavy atom. The largest absolute Gasteiger partial charge is 0.224 e. The topological polar surface area (TPSA) is 82.9 Å². The molecular formula is C7H7N3O2S. The molecule has 5 nitrogen and oxygen atoms in total. The lowest BCUT2D eigenvalue weighted by atomic mass is 10.3. The lowest BCUT2D eigenvalue weighted by Crippen LogP contribution is -1.95. The first-order chi connectivity index (χ1) is 6.04. The minimum atomic E-state index is -3.17. The Kier molecular flexibility index (Phi) is 2.55. The number of nitrogens with zero attached hydrogens (tertiary/aromatic N) is 3. The van der Waals surface area contributed by atoms with E-state index < -0.39 is 9.84 Å². The van der Waals surface area contributed by atoms with Crippen LogP contribution in [0, 0.1) is 0 Å². The van der Waals surface area contributed by atoms with E-state index in [-0.39, 0.29) is 4.90 Å². The second-order valence-corrected chi connectivity index (χ2v) is 4.47. The quantitative estimate of drug-likeness (QED) is 0.413. The van der Waals surface area contributed by atoms with Gasteiger partial charge >= 0.3 is 0 Å². The number of hydrogen-bond acceptors (Lipinski definition) is 3. The molecule has 0 radical (unpaired) electrons. The van der Waals surface area contributed by atoms with E-state index in [1.165, 1.54) is 24.3 Å². The monoisotopic (exact) mass is 197 g/mol. The van der Waals surface area contributed by atoms with Crippen molar-refractivity contribution in [1.29, 1.82) is 0 Å². The summed E-state index contributed by atoms with van der Waals surface area (Å²) in [6, 6.07) is 5.71. The number of azide groups is 1. The fourth-order valence-electron chi connectivity index (χ4n) is 0.812. The summed E-state index contributed by atoms with van der Waals surface area (Å²) in [7, 11) is -3.17. The highest BCUT2D eigenvalue weighted by atomic mass is 32.2. The zero-order valence-corrected chi connectivity index (χ0v) is 7.69. The van der Waals surface area contributed by atoms with Crippen molar-refractivity contribution in [2.45, 2.75) is 4.90 Å². The molecule has 0 aromatic heterocycles. The molecule has 0 saturated carbocycles. The maximum Gasteiger partial charge on any atom is 0.175 e. The maximum absolute atomic E-state index is 11.0. The molecule has 0 saturated heterocycles. The van der Waals surface area contributed by atoms with Gasteiger partial charge in [0.1, 0.15) is 0 Å². The lowest BCUT2D eigenvalue weighted by Gasteiger charge is -1.96. The van der Waals surface area contributed by atoms with Crippen molar-refractivity contribution in [3.63, 3.8) is 0 Å². The predicted molar refractivity (Wildman–Crippen MR) is 48.4 cm³/mol. The van der Waals surface area contributed by atoms with Gasteiger partial charge in [0.2, 0.25) is 0 Å². The molecule has 1 aromatic carbocycles. The number of benzene rings is 1. The minimum Gasteiger partial charge on any atom is -0.224 e. The van der Waals surface area contributed by atoms with Crippen LogP contribution >= 0.6 is 0 Å².